The van der Waals surface area contributed by atoms with Crippen LogP contribution in [0.25, 0.3) is 0 Å². The maximum atomic E-state index is 13.8. The summed E-state index contributed by atoms with van der Waals surface area (Å²) in [5, 5.41) is 2.66. The molecule has 2 aromatic rings. The van der Waals surface area contributed by atoms with E-state index in [9.17, 15) is 18.8 Å². The number of fused-ring (bicyclic) bond motifs is 1. The second-order valence-corrected chi connectivity index (χ2v) is 9.84. The Balaban J connectivity index is 1.52. The molecule has 33 heavy (non-hydrogen) atoms. The summed E-state index contributed by atoms with van der Waals surface area (Å²) >= 11 is 0. The first-order valence-electron chi connectivity index (χ1n) is 11.0. The standard InChI is InChI=1S/C24H28FN3O5/c1-14-11-17(21(30)33-23(2,3)4)28-19(14)26-12-16(20(28)29)27-22(31)24(9-10-24)13-32-18-8-6-5-7-15(18)25/h5-8,12,14,17H,9-11,13H2,1-4H3,(H,27,31)/t14-,17+/m1/s1. The minimum Gasteiger partial charge on any atom is -0.489 e. The number of halogens is 1. The van der Waals surface area contributed by atoms with Crippen LogP contribution >= 0.6 is 0 Å². The van der Waals surface area contributed by atoms with E-state index < -0.39 is 40.3 Å². The van der Waals surface area contributed by atoms with E-state index in [2.05, 4.69) is 10.3 Å². The van der Waals surface area contributed by atoms with Crippen LogP contribution in [-0.4, -0.2) is 33.6 Å². The number of hydrogen-bond donors (Lipinski definition) is 1. The van der Waals surface area contributed by atoms with E-state index >= 15 is 0 Å². The van der Waals surface area contributed by atoms with Gasteiger partial charge in [0.1, 0.15) is 29.8 Å². The van der Waals surface area contributed by atoms with E-state index in [4.69, 9.17) is 9.47 Å². The quantitative estimate of drug-likeness (QED) is 0.666. The van der Waals surface area contributed by atoms with Crippen LogP contribution in [0.3, 0.4) is 0 Å². The molecule has 176 valence electrons. The largest absolute Gasteiger partial charge is 0.489 e. The molecule has 1 aromatic carbocycles. The number of anilines is 1. The van der Waals surface area contributed by atoms with Crippen molar-refractivity contribution in [2.45, 2.75) is 64.5 Å². The summed E-state index contributed by atoms with van der Waals surface area (Å²) in [6.45, 7) is 7.18. The lowest BCUT2D eigenvalue weighted by Crippen LogP contribution is -2.36. The second kappa shape index (κ2) is 8.28. The van der Waals surface area contributed by atoms with Crippen molar-refractivity contribution >= 4 is 17.6 Å². The summed E-state index contributed by atoms with van der Waals surface area (Å²) in [5.41, 5.74) is -2.04. The fourth-order valence-electron chi connectivity index (χ4n) is 3.97. The molecule has 1 N–H and O–H groups in total. The first-order valence-corrected chi connectivity index (χ1v) is 11.0. The molecule has 0 saturated heterocycles. The number of rotatable bonds is 6. The average Bonchev–Trinajstić information content (AvgIpc) is 3.45. The highest BCUT2D eigenvalue weighted by Crippen LogP contribution is 2.47. The van der Waals surface area contributed by atoms with Crippen LogP contribution in [-0.2, 0) is 14.3 Å². The van der Waals surface area contributed by atoms with Gasteiger partial charge in [0.25, 0.3) is 5.56 Å². The number of amides is 1. The summed E-state index contributed by atoms with van der Waals surface area (Å²) in [7, 11) is 0. The van der Waals surface area contributed by atoms with Crippen molar-refractivity contribution < 1.29 is 23.5 Å². The first kappa shape index (κ1) is 22.9. The molecule has 0 radical (unpaired) electrons. The van der Waals surface area contributed by atoms with E-state index in [0.717, 1.165) is 0 Å². The summed E-state index contributed by atoms with van der Waals surface area (Å²) in [6.07, 6.45) is 2.85. The van der Waals surface area contributed by atoms with Gasteiger partial charge in [-0.3, -0.25) is 14.2 Å². The first-order chi connectivity index (χ1) is 15.5. The van der Waals surface area contributed by atoms with Gasteiger partial charge in [0.15, 0.2) is 11.6 Å². The van der Waals surface area contributed by atoms with Gasteiger partial charge in [0, 0.05) is 5.92 Å². The number of nitrogens with one attached hydrogen (secondary N) is 1. The van der Waals surface area contributed by atoms with Gasteiger partial charge in [0.2, 0.25) is 5.91 Å². The smallest absolute Gasteiger partial charge is 0.329 e. The molecule has 2 heterocycles. The van der Waals surface area contributed by atoms with Crippen molar-refractivity contribution in [3.8, 4) is 5.75 Å². The lowest BCUT2D eigenvalue weighted by Gasteiger charge is -2.23. The molecule has 1 amide bonds. The molecule has 4 rings (SSSR count). The lowest BCUT2D eigenvalue weighted by molar-refractivity contribution is -0.159. The van der Waals surface area contributed by atoms with Crippen molar-refractivity contribution in [1.29, 1.82) is 0 Å². The summed E-state index contributed by atoms with van der Waals surface area (Å²) in [6, 6.07) is 5.19. The van der Waals surface area contributed by atoms with Crippen molar-refractivity contribution in [3.05, 3.63) is 52.5 Å². The maximum absolute atomic E-state index is 13.8. The lowest BCUT2D eigenvalue weighted by atomic mass is 10.1. The Morgan fingerprint density at radius 2 is 1.97 bits per heavy atom. The van der Waals surface area contributed by atoms with Gasteiger partial charge < -0.3 is 14.8 Å². The zero-order valence-electron chi connectivity index (χ0n) is 19.2. The Morgan fingerprint density at radius 1 is 1.27 bits per heavy atom. The van der Waals surface area contributed by atoms with Gasteiger partial charge in [-0.05, 0) is 52.2 Å². The highest BCUT2D eigenvalue weighted by atomic mass is 19.1. The predicted molar refractivity (Wildman–Crippen MR) is 119 cm³/mol. The Kier molecular flexibility index (Phi) is 5.76. The molecule has 9 heteroatoms. The van der Waals surface area contributed by atoms with Crippen molar-refractivity contribution in [1.82, 2.24) is 9.55 Å². The number of aromatic nitrogens is 2. The molecule has 1 aliphatic carbocycles. The van der Waals surface area contributed by atoms with Gasteiger partial charge in [-0.2, -0.15) is 0 Å². The maximum Gasteiger partial charge on any atom is 0.329 e. The number of carbonyl (C=O) groups is 2. The van der Waals surface area contributed by atoms with Gasteiger partial charge in [0.05, 0.1) is 11.6 Å². The number of benzene rings is 1. The van der Waals surface area contributed by atoms with Crippen LogP contribution < -0.4 is 15.6 Å². The highest BCUT2D eigenvalue weighted by molar-refractivity contribution is 5.97. The molecule has 1 saturated carbocycles. The van der Waals surface area contributed by atoms with Crippen molar-refractivity contribution in [2.24, 2.45) is 5.41 Å². The Morgan fingerprint density at radius 3 is 2.61 bits per heavy atom. The number of esters is 1. The third-order valence-corrected chi connectivity index (χ3v) is 5.95. The van der Waals surface area contributed by atoms with E-state index in [1.165, 1.54) is 22.9 Å². The minimum atomic E-state index is -0.837. The van der Waals surface area contributed by atoms with E-state index in [0.29, 0.717) is 25.1 Å². The molecule has 1 aliphatic heterocycles. The normalized spacial score (nSPS) is 20.6. The van der Waals surface area contributed by atoms with Crippen LogP contribution in [0.1, 0.15) is 64.7 Å². The molecule has 2 atom stereocenters. The summed E-state index contributed by atoms with van der Waals surface area (Å²) in [5.74, 6) is -0.945. The van der Waals surface area contributed by atoms with Crippen molar-refractivity contribution in [3.63, 3.8) is 0 Å². The fourth-order valence-corrected chi connectivity index (χ4v) is 3.97. The molecule has 1 fully saturated rings. The fraction of sp³-hybridized carbons (Fsp3) is 0.500. The average molecular weight is 458 g/mol. The number of hydrogen-bond acceptors (Lipinski definition) is 6. The van der Waals surface area contributed by atoms with Crippen molar-refractivity contribution in [2.75, 3.05) is 11.9 Å². The molecule has 0 unspecified atom stereocenters. The van der Waals surface area contributed by atoms with Gasteiger partial charge in [-0.25, -0.2) is 14.2 Å². The van der Waals surface area contributed by atoms with Crippen LogP contribution in [0.2, 0.25) is 0 Å². The second-order valence-electron chi connectivity index (χ2n) is 9.84. The van der Waals surface area contributed by atoms with Gasteiger partial charge in [-0.15, -0.1) is 0 Å². The Hall–Kier alpha value is -3.23. The molecular weight excluding hydrogens is 429 g/mol. The molecule has 2 aliphatic rings. The third kappa shape index (κ3) is 4.62. The monoisotopic (exact) mass is 457 g/mol. The zero-order chi connectivity index (χ0) is 24.0. The van der Waals surface area contributed by atoms with E-state index in [1.807, 2.05) is 6.92 Å². The molecule has 1 aromatic heterocycles. The minimum absolute atomic E-state index is 0.00294. The highest BCUT2D eigenvalue weighted by Gasteiger charge is 2.51. The molecular formula is C24H28FN3O5. The van der Waals surface area contributed by atoms with Crippen LogP contribution in [0, 0.1) is 11.2 Å². The van der Waals surface area contributed by atoms with E-state index in [1.54, 1.807) is 32.9 Å². The van der Waals surface area contributed by atoms with E-state index in [-0.39, 0.29) is 24.0 Å². The summed E-state index contributed by atoms with van der Waals surface area (Å²) < 4.78 is 26.2. The number of ether oxygens (including phenoxy) is 2. The zero-order valence-corrected chi connectivity index (χ0v) is 19.2. The molecule has 8 nitrogen and oxygen atoms in total. The molecule has 0 spiro atoms. The molecule has 0 bridgehead atoms. The van der Waals surface area contributed by atoms with Gasteiger partial charge >= 0.3 is 5.97 Å². The summed E-state index contributed by atoms with van der Waals surface area (Å²) in [4.78, 5) is 43.3. The number of nitrogens with zero attached hydrogens (tertiary/aromatic N) is 2. The number of carbonyl (C=O) groups excluding carboxylic acids is 2. The van der Waals surface area contributed by atoms with Crippen LogP contribution in [0.15, 0.2) is 35.3 Å². The number of para-hydroxylation sites is 1. The van der Waals surface area contributed by atoms with Gasteiger partial charge in [-0.1, -0.05) is 19.1 Å². The Bertz CT molecular complexity index is 1150. The van der Waals surface area contributed by atoms with Crippen LogP contribution in [0.4, 0.5) is 10.1 Å². The Labute approximate surface area is 191 Å². The SMILES string of the molecule is C[C@@H]1C[C@@H](C(=O)OC(C)(C)C)n2c1ncc(NC(=O)C1(COc3ccccc3F)CC1)c2=O. The predicted octanol–water partition coefficient (Wildman–Crippen LogP) is 3.57. The third-order valence-electron chi connectivity index (χ3n) is 5.95. The van der Waals surface area contributed by atoms with Crippen LogP contribution in [0.5, 0.6) is 5.75 Å². The topological polar surface area (TPSA) is 99.5 Å².